The van der Waals surface area contributed by atoms with Gasteiger partial charge in [0.1, 0.15) is 0 Å². The van der Waals surface area contributed by atoms with E-state index >= 15 is 0 Å². The molecule has 3 aliphatic rings. The summed E-state index contributed by atoms with van der Waals surface area (Å²) in [6.07, 6.45) is 7.03. The molecule has 3 atom stereocenters. The maximum atomic E-state index is 6.09. The van der Waals surface area contributed by atoms with E-state index < -0.39 is 0 Å². The van der Waals surface area contributed by atoms with Crippen LogP contribution in [0, 0.1) is 5.92 Å². The molecule has 3 nitrogen and oxygen atoms in total. The zero-order valence-corrected chi connectivity index (χ0v) is 12.9. The van der Waals surface area contributed by atoms with Crippen LogP contribution in [0.2, 0.25) is 0 Å². The van der Waals surface area contributed by atoms with E-state index in [1.807, 2.05) is 0 Å². The molecule has 0 amide bonds. The Morgan fingerprint density at radius 2 is 1.95 bits per heavy atom. The lowest BCUT2D eigenvalue weighted by Gasteiger charge is -2.34. The lowest BCUT2D eigenvalue weighted by atomic mass is 9.98. The summed E-state index contributed by atoms with van der Waals surface area (Å²) >= 11 is 2.12. The molecule has 19 heavy (non-hydrogen) atoms. The molecule has 0 aromatic heterocycles. The van der Waals surface area contributed by atoms with E-state index in [9.17, 15) is 0 Å². The quantitative estimate of drug-likeness (QED) is 0.850. The summed E-state index contributed by atoms with van der Waals surface area (Å²) in [4.78, 5) is 5.47. The van der Waals surface area contributed by atoms with Crippen molar-refractivity contribution in [3.63, 3.8) is 0 Å². The van der Waals surface area contributed by atoms with E-state index in [1.165, 1.54) is 69.8 Å². The van der Waals surface area contributed by atoms with Crippen molar-refractivity contribution in [2.24, 2.45) is 11.7 Å². The molecule has 0 radical (unpaired) electrons. The normalized spacial score (nSPS) is 35.8. The van der Waals surface area contributed by atoms with Crippen LogP contribution in [0.1, 0.15) is 32.1 Å². The van der Waals surface area contributed by atoms with Crippen LogP contribution in [0.3, 0.4) is 0 Å². The number of hydrogen-bond donors (Lipinski definition) is 1. The summed E-state index contributed by atoms with van der Waals surface area (Å²) in [5, 5.41) is 0. The molecule has 2 N–H and O–H groups in total. The number of piperidine rings is 1. The van der Waals surface area contributed by atoms with Crippen molar-refractivity contribution in [1.29, 1.82) is 0 Å². The van der Waals surface area contributed by atoms with Gasteiger partial charge < -0.3 is 5.73 Å². The van der Waals surface area contributed by atoms with Crippen LogP contribution < -0.4 is 5.73 Å². The molecule has 110 valence electrons. The summed E-state index contributed by atoms with van der Waals surface area (Å²) < 4.78 is 0. The van der Waals surface area contributed by atoms with E-state index in [0.717, 1.165) is 18.5 Å². The summed E-state index contributed by atoms with van der Waals surface area (Å²) in [5.74, 6) is 3.55. The number of rotatable bonds is 4. The van der Waals surface area contributed by atoms with Crippen molar-refractivity contribution >= 4 is 11.8 Å². The van der Waals surface area contributed by atoms with Crippen LogP contribution in [0.4, 0.5) is 0 Å². The van der Waals surface area contributed by atoms with Gasteiger partial charge in [-0.3, -0.25) is 9.80 Å². The van der Waals surface area contributed by atoms with Crippen LogP contribution in [0.5, 0.6) is 0 Å². The lowest BCUT2D eigenvalue weighted by Crippen LogP contribution is -2.47. The predicted molar refractivity (Wildman–Crippen MR) is 83.7 cm³/mol. The molecule has 3 fully saturated rings. The fraction of sp³-hybridized carbons (Fsp3) is 1.00. The van der Waals surface area contributed by atoms with Gasteiger partial charge in [-0.25, -0.2) is 0 Å². The third-order valence-electron chi connectivity index (χ3n) is 5.32. The second-order valence-corrected chi connectivity index (χ2v) is 7.61. The number of thioether (sulfide) groups is 1. The molecule has 0 aromatic rings. The molecule has 3 rings (SSSR count). The largest absolute Gasteiger partial charge is 0.329 e. The molecule has 3 aliphatic heterocycles. The van der Waals surface area contributed by atoms with Gasteiger partial charge in [-0.2, -0.15) is 11.8 Å². The molecule has 0 aromatic carbocycles. The van der Waals surface area contributed by atoms with E-state index in [-0.39, 0.29) is 0 Å². The highest BCUT2D eigenvalue weighted by atomic mass is 32.2. The average molecular weight is 283 g/mol. The third kappa shape index (κ3) is 3.29. The first-order valence-corrected chi connectivity index (χ1v) is 9.30. The highest BCUT2D eigenvalue weighted by molar-refractivity contribution is 7.99. The molecular weight excluding hydrogens is 254 g/mol. The Morgan fingerprint density at radius 3 is 2.63 bits per heavy atom. The van der Waals surface area contributed by atoms with Crippen LogP contribution in [0.15, 0.2) is 0 Å². The molecule has 0 bridgehead atoms. The molecule has 0 aliphatic carbocycles. The summed E-state index contributed by atoms with van der Waals surface area (Å²) in [6, 6.07) is 1.48. The zero-order valence-electron chi connectivity index (χ0n) is 12.1. The number of likely N-dealkylation sites (tertiary alicyclic amines) is 2. The molecule has 4 heteroatoms. The first-order valence-electron chi connectivity index (χ1n) is 8.14. The van der Waals surface area contributed by atoms with Gasteiger partial charge in [-0.15, -0.1) is 0 Å². The predicted octanol–water partition coefficient (Wildman–Crippen LogP) is 1.63. The van der Waals surface area contributed by atoms with Crippen LogP contribution in [-0.2, 0) is 0 Å². The van der Waals surface area contributed by atoms with Crippen LogP contribution >= 0.6 is 11.8 Å². The Morgan fingerprint density at radius 1 is 1.11 bits per heavy atom. The van der Waals surface area contributed by atoms with Crippen molar-refractivity contribution in [1.82, 2.24) is 9.80 Å². The van der Waals surface area contributed by atoms with Crippen molar-refractivity contribution in [2.75, 3.05) is 44.2 Å². The minimum atomic E-state index is 0.657. The van der Waals surface area contributed by atoms with Gasteiger partial charge in [-0.1, -0.05) is 6.42 Å². The summed E-state index contributed by atoms with van der Waals surface area (Å²) in [5.41, 5.74) is 6.09. The van der Waals surface area contributed by atoms with Crippen molar-refractivity contribution in [3.05, 3.63) is 0 Å². The standard InChI is InChI=1S/C15H29N3S/c16-10-15(13-5-9-19-12-13)18-8-4-14(11-18)17-6-2-1-3-7-17/h13-15H,1-12,16H2. The maximum absolute atomic E-state index is 6.09. The van der Waals surface area contributed by atoms with E-state index in [4.69, 9.17) is 5.73 Å². The van der Waals surface area contributed by atoms with Crippen molar-refractivity contribution in [2.45, 2.75) is 44.2 Å². The lowest BCUT2D eigenvalue weighted by molar-refractivity contribution is 0.139. The molecular formula is C15H29N3S. The van der Waals surface area contributed by atoms with E-state index in [2.05, 4.69) is 21.6 Å². The zero-order chi connectivity index (χ0) is 13.1. The topological polar surface area (TPSA) is 32.5 Å². The Kier molecular flexibility index (Phi) is 5.07. The molecule has 3 heterocycles. The fourth-order valence-electron chi connectivity index (χ4n) is 4.15. The van der Waals surface area contributed by atoms with Gasteiger partial charge in [0.25, 0.3) is 0 Å². The molecule has 3 saturated heterocycles. The highest BCUT2D eigenvalue weighted by Crippen LogP contribution is 2.31. The summed E-state index contributed by atoms with van der Waals surface area (Å²) in [7, 11) is 0. The fourth-order valence-corrected chi connectivity index (χ4v) is 5.47. The first kappa shape index (κ1) is 14.2. The number of nitrogens with zero attached hydrogens (tertiary/aromatic N) is 2. The van der Waals surface area contributed by atoms with Gasteiger partial charge in [0.05, 0.1) is 0 Å². The minimum absolute atomic E-state index is 0.657. The molecule has 0 spiro atoms. The molecule has 0 saturated carbocycles. The van der Waals surface area contributed by atoms with E-state index in [0.29, 0.717) is 6.04 Å². The smallest absolute Gasteiger partial charge is 0.0255 e. The highest BCUT2D eigenvalue weighted by Gasteiger charge is 2.35. The second kappa shape index (κ2) is 6.79. The minimum Gasteiger partial charge on any atom is -0.329 e. The average Bonchev–Trinajstić information content (AvgIpc) is 3.12. The van der Waals surface area contributed by atoms with Gasteiger partial charge in [0.2, 0.25) is 0 Å². The van der Waals surface area contributed by atoms with Crippen molar-refractivity contribution < 1.29 is 0 Å². The van der Waals surface area contributed by atoms with E-state index in [1.54, 1.807) is 0 Å². The van der Waals surface area contributed by atoms with Crippen molar-refractivity contribution in [3.8, 4) is 0 Å². The van der Waals surface area contributed by atoms with Gasteiger partial charge >= 0.3 is 0 Å². The first-order chi connectivity index (χ1) is 9.38. The Balaban J connectivity index is 1.54. The number of nitrogens with two attached hydrogens (primary N) is 1. The monoisotopic (exact) mass is 283 g/mol. The van der Waals surface area contributed by atoms with Crippen LogP contribution in [0.25, 0.3) is 0 Å². The second-order valence-electron chi connectivity index (χ2n) is 6.46. The van der Waals surface area contributed by atoms with Crippen LogP contribution in [-0.4, -0.2) is 66.1 Å². The molecule has 3 unspecified atom stereocenters. The van der Waals surface area contributed by atoms with Gasteiger partial charge in [0.15, 0.2) is 0 Å². The maximum Gasteiger partial charge on any atom is 0.0255 e. The van der Waals surface area contributed by atoms with Gasteiger partial charge in [-0.05, 0) is 56.2 Å². The number of hydrogen-bond acceptors (Lipinski definition) is 4. The van der Waals surface area contributed by atoms with Gasteiger partial charge in [0, 0.05) is 31.7 Å². The Bertz CT molecular complexity index is 275. The summed E-state index contributed by atoms with van der Waals surface area (Å²) in [6.45, 7) is 6.10. The Labute approximate surface area is 122 Å². The third-order valence-corrected chi connectivity index (χ3v) is 6.51. The SMILES string of the molecule is NCC(C1CCSC1)N1CCC(N2CCCCC2)C1. The Hall–Kier alpha value is 0.230.